The molecule has 5 unspecified atom stereocenters. The lowest BCUT2D eigenvalue weighted by atomic mass is 9.78. The zero-order chi connectivity index (χ0) is 35.2. The van der Waals surface area contributed by atoms with Crippen molar-refractivity contribution in [1.29, 1.82) is 0 Å². The number of Topliss-reactive ketones (excluding diaryl/α,β-unsaturated/α-hetero) is 1. The SMILES string of the molecule is C=C1C[C@@H]2CC[C@@]34C[C@H]5O[C@H]6C(O3)[C@H]3O[C@H](CC[C@@H]3O[C@H]6C5O4)CC(=O)CC3[C@H](CC4O[C@@H](CCC1O2)C[C@@H](C)C4=C)O[C@H](C[C@H](O)CN)[C@@H]3C. The molecule has 10 aliphatic rings. The molecule has 0 saturated carbocycles. The quantitative estimate of drug-likeness (QED) is 0.410. The second-order valence-electron chi connectivity index (χ2n) is 17.6. The molecule has 10 saturated heterocycles. The topological polar surface area (TPSA) is 137 Å². The van der Waals surface area contributed by atoms with Gasteiger partial charge in [0.2, 0.25) is 0 Å². The molecule has 10 heterocycles. The summed E-state index contributed by atoms with van der Waals surface area (Å²) in [7, 11) is 0. The highest BCUT2D eigenvalue weighted by Crippen LogP contribution is 2.54. The Labute approximate surface area is 302 Å². The molecule has 11 heteroatoms. The summed E-state index contributed by atoms with van der Waals surface area (Å²) in [5, 5.41) is 10.5. The summed E-state index contributed by atoms with van der Waals surface area (Å²) in [6, 6.07) is 0. The average Bonchev–Trinajstić information content (AvgIpc) is 3.77. The summed E-state index contributed by atoms with van der Waals surface area (Å²) >= 11 is 0. The summed E-state index contributed by atoms with van der Waals surface area (Å²) in [6.07, 6.45) is 6.43. The molecule has 10 aliphatic heterocycles. The van der Waals surface area contributed by atoms with Crippen molar-refractivity contribution in [2.24, 2.45) is 23.5 Å². The van der Waals surface area contributed by atoms with Gasteiger partial charge < -0.3 is 48.7 Å². The van der Waals surface area contributed by atoms with Gasteiger partial charge in [0.15, 0.2) is 5.79 Å². The molecule has 284 valence electrons. The number of hydrogen-bond acceptors (Lipinski definition) is 11. The molecule has 19 atom stereocenters. The summed E-state index contributed by atoms with van der Waals surface area (Å²) < 4.78 is 54.0. The van der Waals surface area contributed by atoms with E-state index in [0.29, 0.717) is 44.4 Å². The molecule has 0 radical (unpaired) electrons. The van der Waals surface area contributed by atoms with Gasteiger partial charge in [-0.15, -0.1) is 0 Å². The fourth-order valence-electron chi connectivity index (χ4n) is 11.3. The summed E-state index contributed by atoms with van der Waals surface area (Å²) in [5.74, 6) is -0.222. The van der Waals surface area contributed by atoms with Crippen LogP contribution in [0.2, 0.25) is 0 Å². The summed E-state index contributed by atoms with van der Waals surface area (Å²) in [4.78, 5) is 14.0. The fourth-order valence-corrected chi connectivity index (χ4v) is 11.3. The van der Waals surface area contributed by atoms with E-state index in [1.54, 1.807) is 0 Å². The molecule has 10 fully saturated rings. The van der Waals surface area contributed by atoms with E-state index in [9.17, 15) is 9.90 Å². The first-order valence-corrected chi connectivity index (χ1v) is 20.1. The predicted molar refractivity (Wildman–Crippen MR) is 185 cm³/mol. The summed E-state index contributed by atoms with van der Waals surface area (Å²) in [5.41, 5.74) is 8.06. The monoisotopic (exact) mass is 713 g/mol. The van der Waals surface area contributed by atoms with Crippen molar-refractivity contribution in [2.45, 2.75) is 195 Å². The molecule has 12 bridgehead atoms. The second-order valence-corrected chi connectivity index (χ2v) is 17.6. The van der Waals surface area contributed by atoms with Crippen LogP contribution in [0.15, 0.2) is 24.3 Å². The van der Waals surface area contributed by atoms with Gasteiger partial charge in [-0.2, -0.15) is 0 Å². The zero-order valence-corrected chi connectivity index (χ0v) is 30.4. The minimum atomic E-state index is -0.765. The van der Waals surface area contributed by atoms with Gasteiger partial charge in [-0.05, 0) is 73.8 Å². The normalized spacial score (nSPS) is 53.2. The Kier molecular flexibility index (Phi) is 9.59. The molecular weight excluding hydrogens is 654 g/mol. The lowest BCUT2D eigenvalue weighted by Gasteiger charge is -2.47. The van der Waals surface area contributed by atoms with Gasteiger partial charge in [0.25, 0.3) is 0 Å². The number of ketones is 1. The van der Waals surface area contributed by atoms with E-state index in [1.807, 2.05) is 0 Å². The first-order valence-electron chi connectivity index (χ1n) is 20.1. The number of nitrogens with two attached hydrogens (primary N) is 1. The number of aliphatic hydroxyl groups excluding tert-OH is 1. The third-order valence-electron chi connectivity index (χ3n) is 14.2. The Balaban J connectivity index is 0.986. The standard InChI is InChI=1S/C40H59NO10/c1-19-11-25-5-7-29-20(2)12-27(44-29)9-10-40-17-34-36(50-40)37-38(49-34)39(51-40)35-30(48-37)8-6-26(46-35)13-23(42)14-28-22(4)31(15-24(43)18-41)47-33(28)16-32(45-25)21(19)3/h19,22,24-39,43H,2-3,5-18,41H2,1,4H3/t19-,22-,24+,25+,26-,27+,28?,29?,30+,31-,32?,33+,34-,35+,36?,37+,38-,39?,40+/m1/s1. The van der Waals surface area contributed by atoms with E-state index in [-0.39, 0.29) is 110 Å². The van der Waals surface area contributed by atoms with Gasteiger partial charge in [0.1, 0.15) is 36.3 Å². The van der Waals surface area contributed by atoms with E-state index >= 15 is 0 Å². The number of ether oxygens (including phenoxy) is 8. The molecule has 1 spiro atoms. The highest BCUT2D eigenvalue weighted by atomic mass is 16.8. The Morgan fingerprint density at radius 1 is 0.765 bits per heavy atom. The first kappa shape index (κ1) is 35.5. The van der Waals surface area contributed by atoms with E-state index < -0.39 is 11.9 Å². The van der Waals surface area contributed by atoms with Gasteiger partial charge in [0.05, 0.1) is 61.0 Å². The Morgan fingerprint density at radius 3 is 2.35 bits per heavy atom. The highest BCUT2D eigenvalue weighted by Gasteiger charge is 2.68. The zero-order valence-electron chi connectivity index (χ0n) is 30.4. The van der Waals surface area contributed by atoms with Crippen molar-refractivity contribution in [1.82, 2.24) is 0 Å². The largest absolute Gasteiger partial charge is 0.392 e. The number of rotatable bonds is 3. The van der Waals surface area contributed by atoms with Crippen LogP contribution in [0.3, 0.4) is 0 Å². The van der Waals surface area contributed by atoms with Crippen LogP contribution in [0.5, 0.6) is 0 Å². The van der Waals surface area contributed by atoms with E-state index in [2.05, 4.69) is 27.0 Å². The van der Waals surface area contributed by atoms with Gasteiger partial charge in [-0.25, -0.2) is 0 Å². The van der Waals surface area contributed by atoms with Crippen LogP contribution in [-0.4, -0.2) is 115 Å². The number of carbonyl (C=O) groups is 1. The van der Waals surface area contributed by atoms with Crippen molar-refractivity contribution in [3.63, 3.8) is 0 Å². The van der Waals surface area contributed by atoms with Crippen molar-refractivity contribution < 1.29 is 47.8 Å². The van der Waals surface area contributed by atoms with Crippen molar-refractivity contribution in [2.75, 3.05) is 6.54 Å². The van der Waals surface area contributed by atoms with Gasteiger partial charge >= 0.3 is 0 Å². The van der Waals surface area contributed by atoms with Crippen LogP contribution in [-0.2, 0) is 42.7 Å². The molecule has 10 rings (SSSR count). The number of carbonyl (C=O) groups excluding carboxylic acids is 1. The van der Waals surface area contributed by atoms with Crippen LogP contribution < -0.4 is 5.73 Å². The van der Waals surface area contributed by atoms with Crippen molar-refractivity contribution in [3.05, 3.63) is 24.3 Å². The predicted octanol–water partition coefficient (Wildman–Crippen LogP) is 4.06. The molecule has 3 N–H and O–H groups in total. The van der Waals surface area contributed by atoms with E-state index in [1.165, 1.54) is 0 Å². The highest BCUT2D eigenvalue weighted by molar-refractivity contribution is 5.79. The minimum Gasteiger partial charge on any atom is -0.392 e. The van der Waals surface area contributed by atoms with Crippen molar-refractivity contribution in [3.8, 4) is 0 Å². The van der Waals surface area contributed by atoms with Crippen LogP contribution in [0.25, 0.3) is 0 Å². The number of hydrogen-bond donors (Lipinski definition) is 2. The van der Waals surface area contributed by atoms with Gasteiger partial charge in [-0.1, -0.05) is 27.0 Å². The van der Waals surface area contributed by atoms with Crippen molar-refractivity contribution >= 4 is 5.78 Å². The summed E-state index contributed by atoms with van der Waals surface area (Å²) in [6.45, 7) is 13.5. The third kappa shape index (κ3) is 6.53. The lowest BCUT2D eigenvalue weighted by molar-refractivity contribution is -0.292. The second kappa shape index (κ2) is 13.8. The maximum Gasteiger partial charge on any atom is 0.172 e. The molecule has 0 aromatic rings. The fraction of sp³-hybridized carbons (Fsp3) is 0.875. The van der Waals surface area contributed by atoms with Gasteiger partial charge in [-0.3, -0.25) is 4.79 Å². The molecule has 0 aromatic heterocycles. The van der Waals surface area contributed by atoms with Crippen LogP contribution in [0.1, 0.15) is 97.3 Å². The molecule has 0 aromatic carbocycles. The smallest absolute Gasteiger partial charge is 0.172 e. The van der Waals surface area contributed by atoms with E-state index in [0.717, 1.165) is 56.1 Å². The molecular formula is C40H59NO10. The maximum absolute atomic E-state index is 14.0. The Morgan fingerprint density at radius 2 is 1.51 bits per heavy atom. The Bertz CT molecular complexity index is 1360. The molecule has 0 aliphatic carbocycles. The lowest BCUT2D eigenvalue weighted by Crippen LogP contribution is -2.61. The molecule has 0 amide bonds. The average molecular weight is 714 g/mol. The van der Waals surface area contributed by atoms with Crippen LogP contribution in [0.4, 0.5) is 0 Å². The van der Waals surface area contributed by atoms with Gasteiger partial charge in [0, 0.05) is 45.1 Å². The van der Waals surface area contributed by atoms with E-state index in [4.69, 9.17) is 43.6 Å². The number of aliphatic hydroxyl groups is 1. The van der Waals surface area contributed by atoms with Crippen LogP contribution >= 0.6 is 0 Å². The molecule has 11 nitrogen and oxygen atoms in total. The van der Waals surface area contributed by atoms with Crippen LogP contribution in [0, 0.1) is 17.8 Å². The first-order chi connectivity index (χ1) is 24.6. The Hall–Kier alpha value is -1.25. The number of fused-ring (bicyclic) bond motifs is 6. The minimum absolute atomic E-state index is 0.00127. The molecule has 51 heavy (non-hydrogen) atoms. The maximum atomic E-state index is 14.0. The third-order valence-corrected chi connectivity index (χ3v) is 14.2.